The largest absolute Gasteiger partial charge is 0.392 e. The van der Waals surface area contributed by atoms with Crippen molar-refractivity contribution in [2.75, 3.05) is 13.1 Å². The average Bonchev–Trinajstić information content (AvgIpc) is 2.89. The predicted octanol–water partition coefficient (Wildman–Crippen LogP) is 9.12. The maximum Gasteiger partial charge on any atom is 0.392 e. The molecule has 2 aromatic rings. The Balaban J connectivity index is 0.00000170. The van der Waals surface area contributed by atoms with Crippen molar-refractivity contribution in [3.63, 3.8) is 0 Å². The molecule has 2 nitrogen and oxygen atoms in total. The molecule has 39 heavy (non-hydrogen) atoms. The topological polar surface area (TPSA) is 27.0 Å². The molecule has 0 heterocycles. The number of nitriles is 1. The van der Waals surface area contributed by atoms with E-state index in [1.165, 1.54) is 24.6 Å². The summed E-state index contributed by atoms with van der Waals surface area (Å²) in [5, 5.41) is 7.32. The molecule has 2 aromatic carbocycles. The molecule has 216 valence electrons. The molecule has 0 saturated heterocycles. The first-order chi connectivity index (χ1) is 18.4. The van der Waals surface area contributed by atoms with E-state index in [1.54, 1.807) is 18.2 Å². The zero-order chi connectivity index (χ0) is 29.1. The number of alkyl halides is 6. The van der Waals surface area contributed by atoms with Gasteiger partial charge in [-0.3, -0.25) is 0 Å². The summed E-state index contributed by atoms with van der Waals surface area (Å²) in [4.78, 5) is 2.45. The van der Waals surface area contributed by atoms with Gasteiger partial charge in [0.1, 0.15) is 0 Å². The van der Waals surface area contributed by atoms with Crippen molar-refractivity contribution in [3.05, 3.63) is 71.3 Å². The molecule has 0 radical (unpaired) electrons. The second-order valence-electron chi connectivity index (χ2n) is 10.4. The Hall–Kier alpha value is -2.53. The number of aryl methyl sites for hydroxylation is 1. The minimum Gasteiger partial charge on any atom is -0.300 e. The van der Waals surface area contributed by atoms with Crippen LogP contribution in [0.25, 0.3) is 0 Å². The first-order valence-corrected chi connectivity index (χ1v) is 13.7. The van der Waals surface area contributed by atoms with E-state index in [0.717, 1.165) is 44.3 Å². The summed E-state index contributed by atoms with van der Waals surface area (Å²) < 4.78 is 82.0. The van der Waals surface area contributed by atoms with E-state index in [9.17, 15) is 26.3 Å². The molecule has 3 atom stereocenters. The maximum absolute atomic E-state index is 13.7. The number of benzene rings is 2. The third-order valence-electron chi connectivity index (χ3n) is 7.62. The van der Waals surface area contributed by atoms with Crippen LogP contribution >= 0.6 is 0 Å². The second kappa shape index (κ2) is 15.3. The molecule has 0 amide bonds. The monoisotopic (exact) mass is 554 g/mol. The zero-order valence-corrected chi connectivity index (χ0v) is 23.0. The van der Waals surface area contributed by atoms with Crippen molar-refractivity contribution >= 4 is 0 Å². The lowest BCUT2D eigenvalue weighted by Crippen LogP contribution is -2.42. The SMILES string of the molecule is CC#N.CCCN(CCc1ccccc1)C(C)CCc1ccc(C2C(C(F)(F)F)CCCC2C(F)(F)F)cc1. The summed E-state index contributed by atoms with van der Waals surface area (Å²) in [7, 11) is 0. The molecule has 3 rings (SSSR count). The molecule has 3 unspecified atom stereocenters. The first kappa shape index (κ1) is 32.7. The van der Waals surface area contributed by atoms with Gasteiger partial charge in [-0.2, -0.15) is 31.6 Å². The molecule has 1 fully saturated rings. The van der Waals surface area contributed by atoms with Crippen LogP contribution in [-0.2, 0) is 12.8 Å². The van der Waals surface area contributed by atoms with Gasteiger partial charge < -0.3 is 4.90 Å². The Morgan fingerprint density at radius 1 is 0.846 bits per heavy atom. The van der Waals surface area contributed by atoms with E-state index < -0.39 is 30.1 Å². The summed E-state index contributed by atoms with van der Waals surface area (Å²) in [6.07, 6.45) is -6.27. The van der Waals surface area contributed by atoms with E-state index in [-0.39, 0.29) is 24.8 Å². The van der Waals surface area contributed by atoms with Gasteiger partial charge in [0.2, 0.25) is 0 Å². The normalized spacial score (nSPS) is 20.6. The third-order valence-corrected chi connectivity index (χ3v) is 7.62. The number of halogens is 6. The van der Waals surface area contributed by atoms with Gasteiger partial charge in [-0.25, -0.2) is 0 Å². The van der Waals surface area contributed by atoms with Crippen molar-refractivity contribution in [3.8, 4) is 6.07 Å². The van der Waals surface area contributed by atoms with E-state index in [4.69, 9.17) is 5.26 Å². The highest BCUT2D eigenvalue weighted by molar-refractivity contribution is 5.28. The van der Waals surface area contributed by atoms with Crippen LogP contribution in [0.1, 0.15) is 75.5 Å². The van der Waals surface area contributed by atoms with E-state index >= 15 is 0 Å². The van der Waals surface area contributed by atoms with E-state index in [0.29, 0.717) is 6.04 Å². The van der Waals surface area contributed by atoms with Crippen molar-refractivity contribution in [1.29, 1.82) is 5.26 Å². The molecule has 0 N–H and O–H groups in total. The molecule has 0 spiro atoms. The Bertz CT molecular complexity index is 973. The van der Waals surface area contributed by atoms with Crippen LogP contribution < -0.4 is 0 Å². The number of rotatable bonds is 10. The van der Waals surface area contributed by atoms with E-state index in [2.05, 4.69) is 30.9 Å². The smallest absolute Gasteiger partial charge is 0.300 e. The van der Waals surface area contributed by atoms with Crippen molar-refractivity contribution in [1.82, 2.24) is 4.90 Å². The molecule has 0 aromatic heterocycles. The molecule has 8 heteroatoms. The Kier molecular flexibility index (Phi) is 12.8. The van der Waals surface area contributed by atoms with Gasteiger partial charge >= 0.3 is 12.4 Å². The summed E-state index contributed by atoms with van der Waals surface area (Å²) >= 11 is 0. The van der Waals surface area contributed by atoms with Crippen LogP contribution in [0.5, 0.6) is 0 Å². The zero-order valence-electron chi connectivity index (χ0n) is 23.0. The standard InChI is InChI=1S/C29H37F6N.C2H3N/c1-3-19-36(20-18-22-8-5-4-6-9-22)21(2)12-13-23-14-16-24(17-15-23)27-25(28(30,31)32)10-7-11-26(27)29(33,34)35;1-2-3/h4-6,8-9,14-17,21,25-27H,3,7,10-13,18-20H2,1-2H3;1H3. The molecular formula is C31H40F6N2. The fourth-order valence-corrected chi connectivity index (χ4v) is 5.62. The van der Waals surface area contributed by atoms with Crippen LogP contribution in [0.2, 0.25) is 0 Å². The molecule has 1 saturated carbocycles. The maximum atomic E-state index is 13.7. The fourth-order valence-electron chi connectivity index (χ4n) is 5.62. The summed E-state index contributed by atoms with van der Waals surface area (Å²) in [5.74, 6) is -5.50. The average molecular weight is 555 g/mol. The van der Waals surface area contributed by atoms with Gasteiger partial charge in [-0.05, 0) is 68.7 Å². The van der Waals surface area contributed by atoms with Crippen LogP contribution in [-0.4, -0.2) is 36.4 Å². The second-order valence-corrected chi connectivity index (χ2v) is 10.4. The number of hydrogen-bond acceptors (Lipinski definition) is 2. The number of nitrogens with zero attached hydrogens (tertiary/aromatic N) is 2. The first-order valence-electron chi connectivity index (χ1n) is 13.7. The third kappa shape index (κ3) is 10.2. The van der Waals surface area contributed by atoms with Crippen LogP contribution in [0.3, 0.4) is 0 Å². The molecule has 1 aliphatic rings. The van der Waals surface area contributed by atoms with E-state index in [1.807, 2.05) is 18.2 Å². The minimum atomic E-state index is -4.65. The molecule has 0 aliphatic heterocycles. The highest BCUT2D eigenvalue weighted by Crippen LogP contribution is 2.53. The van der Waals surface area contributed by atoms with Crippen LogP contribution in [0, 0.1) is 23.2 Å². The molecule has 1 aliphatic carbocycles. The van der Waals surface area contributed by atoms with Gasteiger partial charge in [-0.1, -0.05) is 67.9 Å². The van der Waals surface area contributed by atoms with Crippen molar-refractivity contribution in [2.24, 2.45) is 11.8 Å². The number of hydrogen-bond donors (Lipinski definition) is 0. The van der Waals surface area contributed by atoms with Gasteiger partial charge in [0.25, 0.3) is 0 Å². The summed E-state index contributed by atoms with van der Waals surface area (Å²) in [6.45, 7) is 7.68. The lowest BCUT2D eigenvalue weighted by Gasteiger charge is -2.40. The molecule has 0 bridgehead atoms. The minimum absolute atomic E-state index is 0.0562. The molecular weight excluding hydrogens is 514 g/mol. The highest BCUT2D eigenvalue weighted by atomic mass is 19.4. The van der Waals surface area contributed by atoms with Crippen molar-refractivity contribution < 1.29 is 26.3 Å². The van der Waals surface area contributed by atoms with Crippen LogP contribution in [0.15, 0.2) is 54.6 Å². The van der Waals surface area contributed by atoms with Gasteiger partial charge in [0.15, 0.2) is 0 Å². The fraction of sp³-hybridized carbons (Fsp3) is 0.581. The Labute approximate surface area is 229 Å². The summed E-state index contributed by atoms with van der Waals surface area (Å²) in [6, 6.07) is 18.8. The van der Waals surface area contributed by atoms with Gasteiger partial charge in [-0.15, -0.1) is 0 Å². The van der Waals surface area contributed by atoms with Crippen LogP contribution in [0.4, 0.5) is 26.3 Å². The quantitative estimate of drug-likeness (QED) is 0.274. The summed E-state index contributed by atoms with van der Waals surface area (Å²) in [5.41, 5.74) is 2.37. The van der Waals surface area contributed by atoms with Gasteiger partial charge in [0, 0.05) is 25.4 Å². The lowest BCUT2D eigenvalue weighted by molar-refractivity contribution is -0.231. The van der Waals surface area contributed by atoms with Crippen molar-refractivity contribution in [2.45, 2.75) is 90.0 Å². The Morgan fingerprint density at radius 3 is 1.85 bits per heavy atom. The van der Waals surface area contributed by atoms with Gasteiger partial charge in [0.05, 0.1) is 17.9 Å². The lowest BCUT2D eigenvalue weighted by atomic mass is 9.68. The predicted molar refractivity (Wildman–Crippen MR) is 143 cm³/mol. The highest BCUT2D eigenvalue weighted by Gasteiger charge is 2.56. The Morgan fingerprint density at radius 2 is 1.36 bits per heavy atom.